The van der Waals surface area contributed by atoms with Gasteiger partial charge >= 0.3 is 59.1 Å². The van der Waals surface area contributed by atoms with Crippen LogP contribution in [-0.2, 0) is 20.8 Å². The average Bonchev–Trinajstić information content (AvgIpc) is 3.23. The Morgan fingerprint density at radius 3 is 1.49 bits per heavy atom. The van der Waals surface area contributed by atoms with E-state index in [4.69, 9.17) is 18.9 Å². The van der Waals surface area contributed by atoms with Gasteiger partial charge in [0.2, 0.25) is 10.9 Å². The van der Waals surface area contributed by atoms with E-state index in [1.165, 1.54) is 58.9 Å². The van der Waals surface area contributed by atoms with Crippen LogP contribution in [0.3, 0.4) is 0 Å². The maximum Gasteiger partial charge on any atom is 1.00 e. The molecule has 0 aromatic heterocycles. The predicted molar refractivity (Wildman–Crippen MR) is 191 cm³/mol. The molecule has 0 spiro atoms. The number of benzene rings is 5. The van der Waals surface area contributed by atoms with Gasteiger partial charge < -0.3 is 49.4 Å². The maximum absolute atomic E-state index is 14.9. The fraction of sp³-hybridized carbons (Fsp3) is 0.306. The Balaban J connectivity index is 0.00000240. The second kappa shape index (κ2) is 14.2. The second-order valence-electron chi connectivity index (χ2n) is 12.6. The van der Waals surface area contributed by atoms with Gasteiger partial charge in [-0.25, -0.2) is 0 Å². The number of thioether (sulfide) groups is 2. The minimum absolute atomic E-state index is 0. The van der Waals surface area contributed by atoms with E-state index in [9.17, 15) is 34.2 Å². The van der Waals surface area contributed by atoms with Gasteiger partial charge in [-0.2, -0.15) is 0 Å². The first-order valence-electron chi connectivity index (χ1n) is 15.8. The molecule has 2 heterocycles. The third-order valence-electron chi connectivity index (χ3n) is 10.0. The minimum atomic E-state index is -1.36. The molecule has 3 aliphatic rings. The van der Waals surface area contributed by atoms with Crippen molar-refractivity contribution in [2.45, 2.75) is 42.1 Å². The molecule has 0 saturated heterocycles. The Kier molecular flexibility index (Phi) is 10.6. The molecule has 2 atom stereocenters. The summed E-state index contributed by atoms with van der Waals surface area (Å²) in [6.07, 6.45) is 0.0765. The molecule has 1 aliphatic carbocycles. The molecule has 2 unspecified atom stereocenters. The smallest absolute Gasteiger partial charge is 0.548 e. The van der Waals surface area contributed by atoms with E-state index in [2.05, 4.69) is 10.6 Å². The first-order valence-corrected chi connectivity index (χ1v) is 17.8. The molecule has 5 aromatic carbocycles. The number of rotatable bonds is 7. The zero-order chi connectivity index (χ0) is 36.4. The number of allylic oxidation sites excluding steroid dienone is 2. The number of Topliss-reactive ketones (excluding diaryl/α,β-unsaturated/α-hetero) is 1. The van der Waals surface area contributed by atoms with E-state index in [1.54, 1.807) is 6.92 Å². The first kappa shape index (κ1) is 39.5. The fourth-order valence-corrected chi connectivity index (χ4v) is 10.5. The van der Waals surface area contributed by atoms with Gasteiger partial charge in [0.15, 0.2) is 17.3 Å². The molecular weight excluding hydrogens is 747 g/mol. The van der Waals surface area contributed by atoms with Crippen molar-refractivity contribution in [3.63, 3.8) is 0 Å². The largest absolute Gasteiger partial charge is 1.00 e. The number of nitrogens with one attached hydrogen (secondary N) is 2. The molecule has 17 heteroatoms. The zero-order valence-corrected chi connectivity index (χ0v) is 35.7. The number of carboxylic acid groups (broad SMARTS) is 2. The summed E-state index contributed by atoms with van der Waals surface area (Å²) in [5.74, 6) is -2.55. The van der Waals surface area contributed by atoms with Crippen LogP contribution >= 0.6 is 23.5 Å². The summed E-state index contributed by atoms with van der Waals surface area (Å²) >= 11 is 2.34. The Morgan fingerprint density at radius 1 is 0.642 bits per heavy atom. The van der Waals surface area contributed by atoms with Gasteiger partial charge in [0.1, 0.15) is 11.5 Å². The van der Waals surface area contributed by atoms with Crippen molar-refractivity contribution in [2.75, 3.05) is 50.6 Å². The Hall–Kier alpha value is -3.15. The number of aliphatic carboxylic acids is 2. The van der Waals surface area contributed by atoms with Gasteiger partial charge in [0, 0.05) is 55.1 Å². The number of hydrogen-bond acceptors (Lipinski definition) is 15. The number of carbonyl (C=O) groups is 3. The Labute approximate surface area is 353 Å². The number of ketones is 1. The van der Waals surface area contributed by atoms with Crippen LogP contribution < -0.4 is 110 Å². The second-order valence-corrected chi connectivity index (χ2v) is 14.7. The van der Waals surface area contributed by atoms with E-state index in [-0.39, 0.29) is 133 Å². The molecule has 53 heavy (non-hydrogen) atoms. The monoisotopic (exact) mass is 774 g/mol. The van der Waals surface area contributed by atoms with Gasteiger partial charge in [-0.1, -0.05) is 5.57 Å². The summed E-state index contributed by atoms with van der Waals surface area (Å²) in [4.78, 5) is 68.5. The topological polar surface area (TPSA) is 192 Å². The molecular formula is C36H28N2Na2O11S2. The summed E-state index contributed by atoms with van der Waals surface area (Å²) in [5, 5.41) is 33.0. The molecule has 2 N–H and O–H groups in total. The van der Waals surface area contributed by atoms with Crippen LogP contribution in [-0.4, -0.2) is 69.8 Å². The summed E-state index contributed by atoms with van der Waals surface area (Å²) < 4.78 is 24.0. The molecule has 13 nitrogen and oxygen atoms in total. The molecule has 0 amide bonds. The quantitative estimate of drug-likeness (QED) is 0.0927. The number of carboxylic acids is 2. The molecule has 2 aliphatic heterocycles. The number of anilines is 2. The number of fused-ring (bicyclic) bond motifs is 5. The molecule has 0 saturated carbocycles. The summed E-state index contributed by atoms with van der Waals surface area (Å²) in [5.41, 5.74) is 0.732. The SMILES string of the molecule is COc1c2c3c4c(c(OC)c(=O)c5c6c(c(OC)c(c7c(OC)c8c(c(c1=O)c37)NC(C(=O)[O-])CS8)c54)SCC(C(=O)[O-])N6)C(C(C)=O)=C(C)C2.[Na+].[Na+]. The predicted octanol–water partition coefficient (Wildman–Crippen LogP) is -3.87. The van der Waals surface area contributed by atoms with Crippen LogP contribution in [0, 0.1) is 0 Å². The van der Waals surface area contributed by atoms with Gasteiger partial charge in [0.05, 0.1) is 84.4 Å². The van der Waals surface area contributed by atoms with Crippen LogP contribution in [0.15, 0.2) is 25.0 Å². The number of methoxy groups -OCH3 is 4. The number of hydrogen-bond donors (Lipinski definition) is 2. The third-order valence-corrected chi connectivity index (χ3v) is 12.4. The van der Waals surface area contributed by atoms with E-state index < -0.39 is 34.9 Å². The van der Waals surface area contributed by atoms with E-state index in [0.717, 1.165) is 0 Å². The van der Waals surface area contributed by atoms with Crippen molar-refractivity contribution in [3.05, 3.63) is 37.1 Å². The van der Waals surface area contributed by atoms with Crippen molar-refractivity contribution >= 4 is 101 Å². The third kappa shape index (κ3) is 5.25. The summed E-state index contributed by atoms with van der Waals surface area (Å²) in [6, 6.07) is -2.30. The molecule has 0 bridgehead atoms. The van der Waals surface area contributed by atoms with Crippen molar-refractivity contribution in [3.8, 4) is 23.0 Å². The van der Waals surface area contributed by atoms with Crippen LogP contribution in [0.2, 0.25) is 0 Å². The van der Waals surface area contributed by atoms with Crippen LogP contribution in [0.4, 0.5) is 11.4 Å². The summed E-state index contributed by atoms with van der Waals surface area (Å²) in [7, 11) is 5.59. The fourth-order valence-electron chi connectivity index (χ4n) is 8.17. The van der Waals surface area contributed by atoms with Gasteiger partial charge in [0.25, 0.3) is 0 Å². The molecule has 0 fully saturated rings. The average molecular weight is 775 g/mol. The molecule has 0 radical (unpaired) electrons. The summed E-state index contributed by atoms with van der Waals surface area (Å²) in [6.45, 7) is 3.12. The first-order chi connectivity index (χ1) is 24.4. The minimum Gasteiger partial charge on any atom is -0.548 e. The zero-order valence-electron chi connectivity index (χ0n) is 30.1. The number of ether oxygens (including phenoxy) is 4. The van der Waals surface area contributed by atoms with Gasteiger partial charge in [-0.05, 0) is 25.7 Å². The maximum atomic E-state index is 14.9. The molecule has 5 aromatic rings. The van der Waals surface area contributed by atoms with Crippen molar-refractivity contribution < 1.29 is 103 Å². The molecule has 8 rings (SSSR count). The van der Waals surface area contributed by atoms with E-state index in [0.29, 0.717) is 59.0 Å². The normalized spacial score (nSPS) is 17.3. The van der Waals surface area contributed by atoms with Gasteiger partial charge in [-0.15, -0.1) is 23.5 Å². The molecule has 262 valence electrons. The van der Waals surface area contributed by atoms with Crippen molar-refractivity contribution in [1.82, 2.24) is 0 Å². The Bertz CT molecular complexity index is 2630. The van der Waals surface area contributed by atoms with E-state index >= 15 is 0 Å². The standard InChI is InChI=1S/C36H30N2O11S2.2Na/c1-10-7-12-16-17-19-22(21-18(16)23(27(40)29(12)46-3)25-33(31(21)48-5)50-8-13(37-25)35(42)43)32(49-6)34-26(38-14(9-51-34)36(44)45)24(19)28(41)30(47-4)20(17)15(10)11(2)39;;/h13-14,37-38H,7-9H2,1-6H3,(H,42,43)(H,44,45);;/q;2*+1/p-2. The van der Waals surface area contributed by atoms with Crippen LogP contribution in [0.5, 0.6) is 23.0 Å². The van der Waals surface area contributed by atoms with Crippen molar-refractivity contribution in [1.29, 1.82) is 0 Å². The van der Waals surface area contributed by atoms with E-state index in [1.807, 2.05) is 0 Å². The van der Waals surface area contributed by atoms with Crippen LogP contribution in [0.1, 0.15) is 25.0 Å². The van der Waals surface area contributed by atoms with Gasteiger partial charge in [-0.3, -0.25) is 14.4 Å². The number of carbonyl (C=O) groups excluding carboxylic acids is 3. The Morgan fingerprint density at radius 2 is 1.08 bits per heavy atom. The van der Waals surface area contributed by atoms with Crippen molar-refractivity contribution in [2.24, 2.45) is 0 Å². The van der Waals surface area contributed by atoms with Crippen LogP contribution in [0.25, 0.3) is 48.7 Å².